The Morgan fingerprint density at radius 2 is 2.08 bits per heavy atom. The molecule has 0 unspecified atom stereocenters. The molecule has 1 fully saturated rings. The number of rotatable bonds is 5. The van der Waals surface area contributed by atoms with Crippen LogP contribution in [0.1, 0.15) is 28.4 Å². The molecule has 3 rings (SSSR count). The van der Waals surface area contributed by atoms with Crippen molar-refractivity contribution in [3.05, 3.63) is 59.7 Å². The maximum atomic E-state index is 13.5. The molecule has 0 spiro atoms. The third-order valence-corrected chi connectivity index (χ3v) is 4.68. The van der Waals surface area contributed by atoms with Crippen LogP contribution in [-0.2, 0) is 4.79 Å². The first-order valence-electron chi connectivity index (χ1n) is 8.28. The van der Waals surface area contributed by atoms with Crippen molar-refractivity contribution < 1.29 is 18.7 Å². The van der Waals surface area contributed by atoms with E-state index >= 15 is 0 Å². The number of nitrogens with zero attached hydrogens (tertiary/aromatic N) is 2. The molecule has 2 heterocycles. The molecule has 1 aliphatic rings. The monoisotopic (exact) mass is 357 g/mol. The number of ether oxygens (including phenoxy) is 1. The SMILES string of the molecule is COc1cc(C(=O)NC[C@@H]2CC(=O)N(C)[C@H]2c2ccncc2)ccc1F. The summed E-state index contributed by atoms with van der Waals surface area (Å²) in [5.41, 5.74) is 1.29. The lowest BCUT2D eigenvalue weighted by Crippen LogP contribution is -2.32. The highest BCUT2D eigenvalue weighted by molar-refractivity contribution is 5.94. The minimum absolute atomic E-state index is 0.0167. The Kier molecular flexibility index (Phi) is 5.16. The quantitative estimate of drug-likeness (QED) is 0.890. The van der Waals surface area contributed by atoms with Gasteiger partial charge in [0, 0.05) is 43.9 Å². The highest BCUT2D eigenvalue weighted by Gasteiger charge is 2.38. The predicted molar refractivity (Wildman–Crippen MR) is 93.1 cm³/mol. The lowest BCUT2D eigenvalue weighted by molar-refractivity contribution is -0.127. The summed E-state index contributed by atoms with van der Waals surface area (Å²) < 4.78 is 18.4. The van der Waals surface area contributed by atoms with Gasteiger partial charge in [0.1, 0.15) is 0 Å². The van der Waals surface area contributed by atoms with Crippen molar-refractivity contribution in [3.8, 4) is 5.75 Å². The molecule has 1 saturated heterocycles. The number of benzene rings is 1. The first-order chi connectivity index (χ1) is 12.5. The van der Waals surface area contributed by atoms with Gasteiger partial charge in [-0.05, 0) is 35.9 Å². The fraction of sp³-hybridized carbons (Fsp3) is 0.316. The summed E-state index contributed by atoms with van der Waals surface area (Å²) in [6.07, 6.45) is 3.73. The van der Waals surface area contributed by atoms with E-state index in [-0.39, 0.29) is 29.5 Å². The van der Waals surface area contributed by atoms with Crippen LogP contribution in [-0.4, -0.2) is 42.4 Å². The minimum Gasteiger partial charge on any atom is -0.494 e. The van der Waals surface area contributed by atoms with E-state index in [4.69, 9.17) is 4.74 Å². The number of likely N-dealkylation sites (tertiary alicyclic amines) is 1. The minimum atomic E-state index is -0.523. The van der Waals surface area contributed by atoms with E-state index in [1.165, 1.54) is 25.3 Å². The topological polar surface area (TPSA) is 71.5 Å². The summed E-state index contributed by atoms with van der Waals surface area (Å²) in [6, 6.07) is 7.59. The summed E-state index contributed by atoms with van der Waals surface area (Å²) >= 11 is 0. The van der Waals surface area contributed by atoms with E-state index in [9.17, 15) is 14.0 Å². The Hall–Kier alpha value is -2.96. The van der Waals surface area contributed by atoms with Crippen molar-refractivity contribution in [2.45, 2.75) is 12.5 Å². The fourth-order valence-corrected chi connectivity index (χ4v) is 3.32. The Morgan fingerprint density at radius 1 is 1.35 bits per heavy atom. The van der Waals surface area contributed by atoms with Crippen LogP contribution < -0.4 is 10.1 Å². The van der Waals surface area contributed by atoms with Crippen LogP contribution >= 0.6 is 0 Å². The first kappa shape index (κ1) is 17.8. The fourth-order valence-electron chi connectivity index (χ4n) is 3.32. The molecule has 1 aliphatic heterocycles. The molecule has 2 aromatic rings. The molecule has 2 atom stereocenters. The smallest absolute Gasteiger partial charge is 0.251 e. The number of carbonyl (C=O) groups excluding carboxylic acids is 2. The van der Waals surface area contributed by atoms with Crippen LogP contribution in [0.15, 0.2) is 42.7 Å². The van der Waals surface area contributed by atoms with Crippen molar-refractivity contribution >= 4 is 11.8 Å². The molecule has 0 radical (unpaired) electrons. The molecule has 136 valence electrons. The number of pyridine rings is 1. The average Bonchev–Trinajstić information content (AvgIpc) is 2.94. The Morgan fingerprint density at radius 3 is 2.77 bits per heavy atom. The van der Waals surface area contributed by atoms with E-state index in [1.54, 1.807) is 24.3 Å². The summed E-state index contributed by atoms with van der Waals surface area (Å²) in [6.45, 7) is 0.335. The zero-order chi connectivity index (χ0) is 18.7. The van der Waals surface area contributed by atoms with Gasteiger partial charge in [-0.1, -0.05) is 0 Å². The molecular weight excluding hydrogens is 337 g/mol. The van der Waals surface area contributed by atoms with Crippen molar-refractivity contribution in [1.82, 2.24) is 15.2 Å². The van der Waals surface area contributed by atoms with Gasteiger partial charge in [0.05, 0.1) is 13.2 Å². The Bertz CT molecular complexity index is 813. The van der Waals surface area contributed by atoms with E-state index in [1.807, 2.05) is 12.1 Å². The number of halogens is 1. The zero-order valence-corrected chi connectivity index (χ0v) is 14.6. The van der Waals surface area contributed by atoms with E-state index in [0.29, 0.717) is 18.5 Å². The van der Waals surface area contributed by atoms with Crippen molar-refractivity contribution in [1.29, 1.82) is 0 Å². The maximum absolute atomic E-state index is 13.5. The number of methoxy groups -OCH3 is 1. The van der Waals surface area contributed by atoms with Crippen molar-refractivity contribution in [3.63, 3.8) is 0 Å². The summed E-state index contributed by atoms with van der Waals surface area (Å²) in [5, 5.41) is 2.84. The Labute approximate surface area is 151 Å². The van der Waals surface area contributed by atoms with Crippen LogP contribution in [0.5, 0.6) is 5.75 Å². The van der Waals surface area contributed by atoms with Gasteiger partial charge in [-0.3, -0.25) is 14.6 Å². The lowest BCUT2D eigenvalue weighted by Gasteiger charge is -2.25. The van der Waals surface area contributed by atoms with Crippen LogP contribution in [0.4, 0.5) is 4.39 Å². The largest absolute Gasteiger partial charge is 0.494 e. The maximum Gasteiger partial charge on any atom is 0.251 e. The molecule has 7 heteroatoms. The molecule has 0 bridgehead atoms. The number of nitrogens with one attached hydrogen (secondary N) is 1. The van der Waals surface area contributed by atoms with E-state index in [2.05, 4.69) is 10.3 Å². The van der Waals surface area contributed by atoms with Crippen molar-refractivity contribution in [2.24, 2.45) is 5.92 Å². The van der Waals surface area contributed by atoms with Crippen LogP contribution in [0.25, 0.3) is 0 Å². The Balaban J connectivity index is 1.71. The van der Waals surface area contributed by atoms with Gasteiger partial charge >= 0.3 is 0 Å². The second-order valence-electron chi connectivity index (χ2n) is 6.25. The molecule has 0 aliphatic carbocycles. The van der Waals surface area contributed by atoms with Crippen LogP contribution in [0, 0.1) is 11.7 Å². The van der Waals surface area contributed by atoms with Gasteiger partial charge in [-0.2, -0.15) is 0 Å². The highest BCUT2D eigenvalue weighted by atomic mass is 19.1. The summed E-state index contributed by atoms with van der Waals surface area (Å²) in [7, 11) is 3.11. The zero-order valence-electron chi connectivity index (χ0n) is 14.6. The third-order valence-electron chi connectivity index (χ3n) is 4.68. The number of amides is 2. The predicted octanol–water partition coefficient (Wildman–Crippen LogP) is 2.18. The number of aromatic nitrogens is 1. The highest BCUT2D eigenvalue weighted by Crippen LogP contribution is 2.36. The summed E-state index contributed by atoms with van der Waals surface area (Å²) in [4.78, 5) is 30.2. The molecule has 2 amide bonds. The molecule has 0 saturated carbocycles. The number of carbonyl (C=O) groups is 2. The van der Waals surface area contributed by atoms with E-state index in [0.717, 1.165) is 5.56 Å². The van der Waals surface area contributed by atoms with Crippen LogP contribution in [0.2, 0.25) is 0 Å². The normalized spacial score (nSPS) is 19.5. The number of hydrogen-bond donors (Lipinski definition) is 1. The van der Waals surface area contributed by atoms with Gasteiger partial charge in [0.15, 0.2) is 11.6 Å². The second kappa shape index (κ2) is 7.51. The standard InChI is InChI=1S/C19H20FN3O3/c1-23-17(24)10-14(18(23)12-5-7-21-8-6-12)11-22-19(25)13-3-4-15(20)16(9-13)26-2/h3-9,14,18H,10-11H2,1-2H3,(H,22,25)/t14-,18-/m0/s1. The molecule has 26 heavy (non-hydrogen) atoms. The average molecular weight is 357 g/mol. The van der Waals surface area contributed by atoms with Gasteiger partial charge in [-0.25, -0.2) is 4.39 Å². The second-order valence-corrected chi connectivity index (χ2v) is 6.25. The van der Waals surface area contributed by atoms with Gasteiger partial charge in [0.2, 0.25) is 5.91 Å². The van der Waals surface area contributed by atoms with Crippen molar-refractivity contribution in [2.75, 3.05) is 20.7 Å². The van der Waals surface area contributed by atoms with Gasteiger partial charge in [0.25, 0.3) is 5.91 Å². The first-order valence-corrected chi connectivity index (χ1v) is 8.28. The molecule has 6 nitrogen and oxygen atoms in total. The summed E-state index contributed by atoms with van der Waals surface area (Å²) in [5.74, 6) is -0.859. The lowest BCUT2D eigenvalue weighted by atomic mass is 9.94. The van der Waals surface area contributed by atoms with Gasteiger partial charge in [-0.15, -0.1) is 0 Å². The third kappa shape index (κ3) is 3.51. The molecule has 1 aromatic carbocycles. The molecular formula is C19H20FN3O3. The number of hydrogen-bond acceptors (Lipinski definition) is 4. The van der Waals surface area contributed by atoms with Crippen LogP contribution in [0.3, 0.4) is 0 Å². The van der Waals surface area contributed by atoms with E-state index < -0.39 is 5.82 Å². The molecule has 1 N–H and O–H groups in total. The van der Waals surface area contributed by atoms with Gasteiger partial charge < -0.3 is 15.0 Å². The molecule has 1 aromatic heterocycles.